The van der Waals surface area contributed by atoms with E-state index in [1.807, 2.05) is 13.8 Å². The number of carbonyl (C=O) groups excluding carboxylic acids is 2. The Morgan fingerprint density at radius 3 is 2.40 bits per heavy atom. The maximum atomic E-state index is 11.8. The van der Waals surface area contributed by atoms with E-state index in [2.05, 4.69) is 17.2 Å². The Morgan fingerprint density at radius 2 is 1.90 bits per heavy atom. The molecule has 0 bridgehead atoms. The van der Waals surface area contributed by atoms with Crippen LogP contribution in [0.15, 0.2) is 36.9 Å². The number of amides is 2. The predicted molar refractivity (Wildman–Crippen MR) is 80.4 cm³/mol. The Labute approximate surface area is 119 Å². The molecule has 1 atom stereocenters. The van der Waals surface area contributed by atoms with Crippen LogP contribution in [-0.2, 0) is 4.79 Å². The van der Waals surface area contributed by atoms with Crippen LogP contribution in [-0.4, -0.2) is 24.4 Å². The van der Waals surface area contributed by atoms with Crippen LogP contribution in [0.2, 0.25) is 0 Å². The standard InChI is InChI=1S/C15H21N3O2/c1-4-9-17-14(19)11-5-7-12(8-6-11)18-15(20)13(16)10(2)3/h4-8,10,13H,1,9,16H2,2-3H3,(H,17,19)(H,18,20)/t13-/m1/s1. The summed E-state index contributed by atoms with van der Waals surface area (Å²) in [6.45, 7) is 7.72. The molecule has 0 unspecified atom stereocenters. The minimum Gasteiger partial charge on any atom is -0.349 e. The summed E-state index contributed by atoms with van der Waals surface area (Å²) in [7, 11) is 0. The van der Waals surface area contributed by atoms with Crippen LogP contribution in [0.25, 0.3) is 0 Å². The number of nitrogens with one attached hydrogen (secondary N) is 2. The fourth-order valence-electron chi connectivity index (χ4n) is 1.50. The van der Waals surface area contributed by atoms with Gasteiger partial charge in [-0.15, -0.1) is 6.58 Å². The van der Waals surface area contributed by atoms with E-state index in [-0.39, 0.29) is 17.7 Å². The molecule has 0 radical (unpaired) electrons. The number of carbonyl (C=O) groups is 2. The quantitative estimate of drug-likeness (QED) is 0.688. The van der Waals surface area contributed by atoms with Crippen molar-refractivity contribution in [2.75, 3.05) is 11.9 Å². The van der Waals surface area contributed by atoms with Crippen molar-refractivity contribution in [3.63, 3.8) is 0 Å². The van der Waals surface area contributed by atoms with Gasteiger partial charge in [0, 0.05) is 17.8 Å². The van der Waals surface area contributed by atoms with Crippen molar-refractivity contribution < 1.29 is 9.59 Å². The van der Waals surface area contributed by atoms with Gasteiger partial charge in [0.05, 0.1) is 6.04 Å². The van der Waals surface area contributed by atoms with Crippen molar-refractivity contribution in [1.82, 2.24) is 5.32 Å². The van der Waals surface area contributed by atoms with Gasteiger partial charge in [0.15, 0.2) is 0 Å². The Kier molecular flexibility index (Phi) is 5.93. The molecule has 0 aliphatic rings. The van der Waals surface area contributed by atoms with Gasteiger partial charge in [-0.2, -0.15) is 0 Å². The minimum atomic E-state index is -0.550. The van der Waals surface area contributed by atoms with E-state index in [0.29, 0.717) is 17.8 Å². The molecule has 5 heteroatoms. The van der Waals surface area contributed by atoms with Gasteiger partial charge in [0.1, 0.15) is 0 Å². The molecule has 0 spiro atoms. The molecular weight excluding hydrogens is 254 g/mol. The van der Waals surface area contributed by atoms with Gasteiger partial charge >= 0.3 is 0 Å². The Bertz CT molecular complexity index is 480. The monoisotopic (exact) mass is 275 g/mol. The second kappa shape index (κ2) is 7.45. The lowest BCUT2D eigenvalue weighted by Gasteiger charge is -2.15. The maximum absolute atomic E-state index is 11.8. The summed E-state index contributed by atoms with van der Waals surface area (Å²) >= 11 is 0. The van der Waals surface area contributed by atoms with Crippen LogP contribution >= 0.6 is 0 Å². The van der Waals surface area contributed by atoms with E-state index in [1.54, 1.807) is 30.3 Å². The fraction of sp³-hybridized carbons (Fsp3) is 0.333. The highest BCUT2D eigenvalue weighted by molar-refractivity contribution is 5.97. The molecule has 5 nitrogen and oxygen atoms in total. The molecule has 0 saturated carbocycles. The number of hydrogen-bond donors (Lipinski definition) is 3. The molecule has 20 heavy (non-hydrogen) atoms. The van der Waals surface area contributed by atoms with E-state index in [0.717, 1.165) is 0 Å². The normalized spacial score (nSPS) is 11.8. The first-order valence-electron chi connectivity index (χ1n) is 6.51. The van der Waals surface area contributed by atoms with Gasteiger partial charge in [-0.05, 0) is 30.2 Å². The number of anilines is 1. The largest absolute Gasteiger partial charge is 0.349 e. The molecule has 108 valence electrons. The van der Waals surface area contributed by atoms with Crippen molar-refractivity contribution in [3.05, 3.63) is 42.5 Å². The molecule has 0 aliphatic heterocycles. The number of hydrogen-bond acceptors (Lipinski definition) is 3. The third-order valence-electron chi connectivity index (χ3n) is 2.84. The zero-order valence-electron chi connectivity index (χ0n) is 11.8. The van der Waals surface area contributed by atoms with Gasteiger partial charge in [-0.25, -0.2) is 0 Å². The van der Waals surface area contributed by atoms with Gasteiger partial charge in [-0.1, -0.05) is 19.9 Å². The van der Waals surface area contributed by atoms with Gasteiger partial charge in [-0.3, -0.25) is 9.59 Å². The van der Waals surface area contributed by atoms with E-state index >= 15 is 0 Å². The SMILES string of the molecule is C=CCNC(=O)c1ccc(NC(=O)[C@H](N)C(C)C)cc1. The molecule has 0 aromatic heterocycles. The molecule has 1 aromatic carbocycles. The second-order valence-corrected chi connectivity index (χ2v) is 4.84. The summed E-state index contributed by atoms with van der Waals surface area (Å²) in [6.07, 6.45) is 1.61. The lowest BCUT2D eigenvalue weighted by atomic mass is 10.0. The smallest absolute Gasteiger partial charge is 0.251 e. The summed E-state index contributed by atoms with van der Waals surface area (Å²) < 4.78 is 0. The summed E-state index contributed by atoms with van der Waals surface area (Å²) in [5, 5.41) is 5.40. The lowest BCUT2D eigenvalue weighted by molar-refractivity contribution is -0.118. The lowest BCUT2D eigenvalue weighted by Crippen LogP contribution is -2.39. The van der Waals surface area contributed by atoms with Gasteiger partial charge in [0.2, 0.25) is 5.91 Å². The molecule has 1 rings (SSSR count). The first-order chi connectivity index (χ1) is 9.45. The summed E-state index contributed by atoms with van der Waals surface area (Å²) in [6, 6.07) is 6.09. The zero-order valence-corrected chi connectivity index (χ0v) is 11.8. The van der Waals surface area contributed by atoms with Gasteiger partial charge < -0.3 is 16.4 Å². The predicted octanol–water partition coefficient (Wildman–Crippen LogP) is 1.52. The van der Waals surface area contributed by atoms with E-state index in [4.69, 9.17) is 5.73 Å². The average molecular weight is 275 g/mol. The molecule has 1 aromatic rings. The highest BCUT2D eigenvalue weighted by Crippen LogP contribution is 2.11. The van der Waals surface area contributed by atoms with Crippen LogP contribution in [0.4, 0.5) is 5.69 Å². The third-order valence-corrected chi connectivity index (χ3v) is 2.84. The number of nitrogens with two attached hydrogens (primary N) is 1. The Morgan fingerprint density at radius 1 is 1.30 bits per heavy atom. The maximum Gasteiger partial charge on any atom is 0.251 e. The Balaban J connectivity index is 2.65. The highest BCUT2D eigenvalue weighted by atomic mass is 16.2. The average Bonchev–Trinajstić information content (AvgIpc) is 2.44. The van der Waals surface area contributed by atoms with Crippen LogP contribution in [0, 0.1) is 5.92 Å². The fourth-order valence-corrected chi connectivity index (χ4v) is 1.50. The molecule has 0 heterocycles. The molecule has 0 fully saturated rings. The molecular formula is C15H21N3O2. The van der Waals surface area contributed by atoms with Crippen molar-refractivity contribution in [2.24, 2.45) is 11.7 Å². The van der Waals surface area contributed by atoms with Crippen molar-refractivity contribution in [3.8, 4) is 0 Å². The minimum absolute atomic E-state index is 0.0685. The first-order valence-corrected chi connectivity index (χ1v) is 6.51. The van der Waals surface area contributed by atoms with Crippen molar-refractivity contribution in [2.45, 2.75) is 19.9 Å². The topological polar surface area (TPSA) is 84.2 Å². The number of benzene rings is 1. The Hall–Kier alpha value is -2.14. The number of rotatable bonds is 6. The third kappa shape index (κ3) is 4.51. The van der Waals surface area contributed by atoms with Crippen LogP contribution < -0.4 is 16.4 Å². The van der Waals surface area contributed by atoms with E-state index in [9.17, 15) is 9.59 Å². The molecule has 2 amide bonds. The molecule has 4 N–H and O–H groups in total. The highest BCUT2D eigenvalue weighted by Gasteiger charge is 2.17. The van der Waals surface area contributed by atoms with Crippen LogP contribution in [0.3, 0.4) is 0 Å². The first kappa shape index (κ1) is 15.9. The molecule has 0 saturated heterocycles. The molecule has 0 aliphatic carbocycles. The van der Waals surface area contributed by atoms with E-state index < -0.39 is 6.04 Å². The van der Waals surface area contributed by atoms with E-state index in [1.165, 1.54) is 0 Å². The summed E-state index contributed by atoms with van der Waals surface area (Å²) in [4.78, 5) is 23.5. The summed E-state index contributed by atoms with van der Waals surface area (Å²) in [5.41, 5.74) is 6.90. The van der Waals surface area contributed by atoms with Crippen LogP contribution in [0.1, 0.15) is 24.2 Å². The van der Waals surface area contributed by atoms with Gasteiger partial charge in [0.25, 0.3) is 5.91 Å². The zero-order chi connectivity index (χ0) is 15.1. The van der Waals surface area contributed by atoms with Crippen molar-refractivity contribution >= 4 is 17.5 Å². The summed E-state index contributed by atoms with van der Waals surface area (Å²) in [5.74, 6) is -0.343. The van der Waals surface area contributed by atoms with Crippen molar-refractivity contribution in [1.29, 1.82) is 0 Å². The van der Waals surface area contributed by atoms with Crippen LogP contribution in [0.5, 0.6) is 0 Å². The second-order valence-electron chi connectivity index (χ2n) is 4.84.